The Morgan fingerprint density at radius 3 is 0.950 bits per heavy atom. The van der Waals surface area contributed by atoms with E-state index in [2.05, 4.69) is 11.8 Å². The van der Waals surface area contributed by atoms with Crippen molar-refractivity contribution in [3.05, 3.63) is 0 Å². The zero-order valence-electron chi connectivity index (χ0n) is 25.1. The Kier molecular flexibility index (Phi) is 21.7. The normalized spacial score (nSPS) is 17.3. The average molecular weight is 568 g/mol. The lowest BCUT2D eigenvalue weighted by atomic mass is 10.0. The molecule has 1 heterocycles. The van der Waals surface area contributed by atoms with Crippen molar-refractivity contribution in [3.8, 4) is 0 Å². The fraction of sp³-hybridized carbons (Fsp3) is 0.900. The van der Waals surface area contributed by atoms with E-state index >= 15 is 0 Å². The first-order valence-corrected chi connectivity index (χ1v) is 15.8. The number of carbonyl (C=O) groups excluding carboxylic acids is 3. The van der Waals surface area contributed by atoms with E-state index in [1.807, 2.05) is 0 Å². The van der Waals surface area contributed by atoms with Crippen LogP contribution < -0.4 is 15.3 Å². The van der Waals surface area contributed by atoms with Gasteiger partial charge in [0.2, 0.25) is 0 Å². The number of carboxylic acids is 3. The molecule has 1 aliphatic rings. The summed E-state index contributed by atoms with van der Waals surface area (Å²) < 4.78 is 0. The molecule has 0 aromatic carbocycles. The van der Waals surface area contributed by atoms with Gasteiger partial charge in [-0.2, -0.15) is 0 Å². The van der Waals surface area contributed by atoms with Gasteiger partial charge in [-0.25, -0.2) is 0 Å². The maximum atomic E-state index is 11.3. The Bertz CT molecular complexity index is 649. The minimum atomic E-state index is -1.22. The summed E-state index contributed by atoms with van der Waals surface area (Å²) in [5, 5.41) is 33.8. The molecule has 0 unspecified atom stereocenters. The summed E-state index contributed by atoms with van der Waals surface area (Å²) in [6.45, 7) is 6.25. The van der Waals surface area contributed by atoms with Gasteiger partial charge in [0.05, 0.1) is 17.9 Å². The van der Waals surface area contributed by atoms with E-state index in [1.54, 1.807) is 14.7 Å². The van der Waals surface area contributed by atoms with Crippen molar-refractivity contribution < 1.29 is 29.7 Å². The fourth-order valence-electron chi connectivity index (χ4n) is 5.35. The highest BCUT2D eigenvalue weighted by atomic mass is 16.4. The number of hydrogen-bond acceptors (Lipinski definition) is 10. The second-order valence-electron chi connectivity index (χ2n) is 11.4. The summed E-state index contributed by atoms with van der Waals surface area (Å²) in [5.74, 6) is -3.53. The molecule has 10 nitrogen and oxygen atoms in total. The Balaban J connectivity index is 2.44. The number of aliphatic carboxylic acids is 3. The lowest BCUT2D eigenvalue weighted by Gasteiger charge is -2.34. The molecule has 0 aromatic rings. The minimum Gasteiger partial charge on any atom is -0.549 e. The van der Waals surface area contributed by atoms with Gasteiger partial charge in [0.15, 0.2) is 0 Å². The van der Waals surface area contributed by atoms with Gasteiger partial charge in [-0.05, 0) is 13.0 Å². The third-order valence-corrected chi connectivity index (χ3v) is 7.82. The van der Waals surface area contributed by atoms with Crippen molar-refractivity contribution in [2.75, 3.05) is 78.5 Å². The SMILES string of the molecule is CCCCCCCCCCCCCCCCN1CCN(CC(=O)[O-])CCN(CC(=O)[O-])CCN(CC(=O)[O-])CC1. The zero-order chi connectivity index (χ0) is 29.4. The van der Waals surface area contributed by atoms with Gasteiger partial charge in [0.25, 0.3) is 0 Å². The van der Waals surface area contributed by atoms with Crippen LogP contribution >= 0.6 is 0 Å². The van der Waals surface area contributed by atoms with E-state index in [4.69, 9.17) is 0 Å². The molecule has 0 bridgehead atoms. The van der Waals surface area contributed by atoms with Crippen LogP contribution in [-0.4, -0.2) is 116 Å². The average Bonchev–Trinajstić information content (AvgIpc) is 2.89. The van der Waals surface area contributed by atoms with Crippen molar-refractivity contribution in [3.63, 3.8) is 0 Å². The van der Waals surface area contributed by atoms with Crippen LogP contribution in [0.25, 0.3) is 0 Å². The van der Waals surface area contributed by atoms with Crippen molar-refractivity contribution >= 4 is 17.9 Å². The summed E-state index contributed by atoms with van der Waals surface area (Å²) in [6.07, 6.45) is 18.2. The van der Waals surface area contributed by atoms with Crippen LogP contribution in [0, 0.1) is 0 Å². The lowest BCUT2D eigenvalue weighted by molar-refractivity contribution is -0.308. The van der Waals surface area contributed by atoms with Crippen molar-refractivity contribution in [1.29, 1.82) is 0 Å². The van der Waals surface area contributed by atoms with E-state index in [9.17, 15) is 29.7 Å². The first-order valence-electron chi connectivity index (χ1n) is 15.8. The van der Waals surface area contributed by atoms with E-state index in [0.717, 1.165) is 19.4 Å². The summed E-state index contributed by atoms with van der Waals surface area (Å²) in [5.41, 5.74) is 0. The maximum Gasteiger partial charge on any atom is 0.0555 e. The molecule has 0 aliphatic carbocycles. The van der Waals surface area contributed by atoms with Crippen molar-refractivity contribution in [2.24, 2.45) is 0 Å². The molecule has 0 saturated carbocycles. The predicted molar refractivity (Wildman–Crippen MR) is 151 cm³/mol. The molecule has 0 atom stereocenters. The van der Waals surface area contributed by atoms with Crippen LogP contribution in [0.2, 0.25) is 0 Å². The Hall–Kier alpha value is -1.75. The Morgan fingerprint density at radius 1 is 0.425 bits per heavy atom. The second kappa shape index (κ2) is 23.9. The summed E-state index contributed by atoms with van der Waals surface area (Å²) in [6, 6.07) is 0. The molecular weight excluding hydrogens is 512 g/mol. The van der Waals surface area contributed by atoms with Gasteiger partial charge >= 0.3 is 0 Å². The van der Waals surface area contributed by atoms with Gasteiger partial charge in [-0.15, -0.1) is 0 Å². The molecular formula is C30H55N4O6-3. The molecule has 0 N–H and O–H groups in total. The van der Waals surface area contributed by atoms with Crippen LogP contribution in [0.5, 0.6) is 0 Å². The standard InChI is InChI=1S/C30H58N4O6/c1-2-3-4-5-6-7-8-9-10-11-12-13-14-15-16-31-17-19-32(25-28(35)36)21-23-34(27-30(39)40)24-22-33(20-18-31)26-29(37)38/h2-27H2,1H3,(H,35,36)(H,37,38)(H,39,40)/p-3. The summed E-state index contributed by atoms with van der Waals surface area (Å²) in [7, 11) is 0. The first-order chi connectivity index (χ1) is 19.3. The number of carbonyl (C=O) groups is 3. The Labute approximate surface area is 242 Å². The molecule has 0 aromatic heterocycles. The van der Waals surface area contributed by atoms with Gasteiger partial charge in [0.1, 0.15) is 0 Å². The number of hydrogen-bond donors (Lipinski definition) is 0. The van der Waals surface area contributed by atoms with Crippen LogP contribution in [0.4, 0.5) is 0 Å². The highest BCUT2D eigenvalue weighted by Gasteiger charge is 2.17. The molecule has 1 aliphatic heterocycles. The smallest absolute Gasteiger partial charge is 0.0555 e. The molecule has 0 amide bonds. The first kappa shape index (κ1) is 36.3. The number of nitrogens with zero attached hydrogens (tertiary/aromatic N) is 4. The number of carboxylic acid groups (broad SMARTS) is 3. The van der Waals surface area contributed by atoms with Gasteiger partial charge in [-0.3, -0.25) is 14.7 Å². The lowest BCUT2D eigenvalue weighted by Crippen LogP contribution is -2.51. The predicted octanol–water partition coefficient (Wildman–Crippen LogP) is -0.0610. The van der Waals surface area contributed by atoms with Crippen LogP contribution in [0.1, 0.15) is 96.8 Å². The highest BCUT2D eigenvalue weighted by Crippen LogP contribution is 2.13. The van der Waals surface area contributed by atoms with E-state index in [-0.39, 0.29) is 19.6 Å². The monoisotopic (exact) mass is 567 g/mol. The van der Waals surface area contributed by atoms with Crippen molar-refractivity contribution in [2.45, 2.75) is 96.8 Å². The fourth-order valence-corrected chi connectivity index (χ4v) is 5.35. The second-order valence-corrected chi connectivity index (χ2v) is 11.4. The summed E-state index contributed by atoms with van der Waals surface area (Å²) >= 11 is 0. The number of rotatable bonds is 21. The minimum absolute atomic E-state index is 0.206. The van der Waals surface area contributed by atoms with Crippen LogP contribution in [-0.2, 0) is 14.4 Å². The maximum absolute atomic E-state index is 11.3. The summed E-state index contributed by atoms with van der Waals surface area (Å²) in [4.78, 5) is 41.3. The van der Waals surface area contributed by atoms with E-state index in [0.29, 0.717) is 52.4 Å². The molecule has 10 heteroatoms. The largest absolute Gasteiger partial charge is 0.549 e. The Morgan fingerprint density at radius 2 is 0.675 bits per heavy atom. The van der Waals surface area contributed by atoms with E-state index < -0.39 is 17.9 Å². The quantitative estimate of drug-likeness (QED) is 0.174. The van der Waals surface area contributed by atoms with E-state index in [1.165, 1.54) is 77.0 Å². The molecule has 0 spiro atoms. The third kappa shape index (κ3) is 21.1. The molecule has 40 heavy (non-hydrogen) atoms. The topological polar surface area (TPSA) is 133 Å². The van der Waals surface area contributed by atoms with Crippen LogP contribution in [0.15, 0.2) is 0 Å². The van der Waals surface area contributed by atoms with Gasteiger partial charge in [0, 0.05) is 72.0 Å². The van der Waals surface area contributed by atoms with Crippen LogP contribution in [0.3, 0.4) is 0 Å². The highest BCUT2D eigenvalue weighted by molar-refractivity contribution is 5.67. The third-order valence-electron chi connectivity index (χ3n) is 7.82. The molecule has 1 rings (SSSR count). The zero-order valence-corrected chi connectivity index (χ0v) is 25.1. The van der Waals surface area contributed by atoms with Crippen molar-refractivity contribution in [1.82, 2.24) is 19.6 Å². The molecule has 234 valence electrons. The van der Waals surface area contributed by atoms with Gasteiger partial charge < -0.3 is 34.6 Å². The molecule has 1 fully saturated rings. The number of unbranched alkanes of at least 4 members (excludes halogenated alkanes) is 13. The van der Waals surface area contributed by atoms with Gasteiger partial charge in [-0.1, -0.05) is 90.4 Å². The molecule has 0 radical (unpaired) electrons. The molecule has 1 saturated heterocycles.